The second kappa shape index (κ2) is 7.55. The van der Waals surface area contributed by atoms with Gasteiger partial charge in [0.15, 0.2) is 17.1 Å². The number of urea groups is 1. The second-order valence-corrected chi connectivity index (χ2v) is 6.07. The molecule has 0 saturated heterocycles. The second-order valence-electron chi connectivity index (χ2n) is 6.07. The number of hydrazine groups is 1. The lowest BCUT2D eigenvalue weighted by Crippen LogP contribution is -2.40. The molecule has 10 nitrogen and oxygen atoms in total. The number of phenols is 1. The maximum atomic E-state index is 12.5. The first-order chi connectivity index (χ1) is 13.4. The van der Waals surface area contributed by atoms with Crippen LogP contribution in [0.5, 0.6) is 11.5 Å². The summed E-state index contributed by atoms with van der Waals surface area (Å²) in [5.74, 6) is 4.48. The lowest BCUT2D eigenvalue weighted by atomic mass is 9.87. The van der Waals surface area contributed by atoms with Crippen LogP contribution in [0.2, 0.25) is 0 Å². The molecule has 0 bridgehead atoms. The summed E-state index contributed by atoms with van der Waals surface area (Å²) in [5, 5.41) is 27.7. The van der Waals surface area contributed by atoms with Gasteiger partial charge in [-0.05, 0) is 24.3 Å². The Bertz CT molecular complexity index is 961. The molecule has 7 N–H and O–H groups in total. The number of fused-ring (bicyclic) bond motifs is 1. The number of anilines is 1. The molecule has 2 aromatic carbocycles. The summed E-state index contributed by atoms with van der Waals surface area (Å²) in [4.78, 5) is 23.9. The zero-order valence-corrected chi connectivity index (χ0v) is 14.9. The fourth-order valence-electron chi connectivity index (χ4n) is 2.94. The lowest BCUT2D eigenvalue weighted by Gasteiger charge is -2.22. The monoisotopic (exact) mass is 385 g/mol. The fourth-order valence-corrected chi connectivity index (χ4v) is 2.94. The maximum absolute atomic E-state index is 12.5. The van der Waals surface area contributed by atoms with E-state index >= 15 is 0 Å². The minimum atomic E-state index is -1.91. The highest BCUT2D eigenvalue weighted by Crippen LogP contribution is 2.39. The van der Waals surface area contributed by atoms with Gasteiger partial charge in [0.05, 0.1) is 12.8 Å². The highest BCUT2D eigenvalue weighted by molar-refractivity contribution is 6.11. The SMILES string of the molecule is COc1ccc(/C(C[C@]2(O)C(=O)Nc3ccccc32)=N\NC(=O)NN)cc1O. The van der Waals surface area contributed by atoms with Crippen LogP contribution in [-0.4, -0.2) is 35.0 Å². The number of phenolic OH excluding ortho intramolecular Hbond substituents is 1. The zero-order chi connectivity index (χ0) is 20.3. The average Bonchev–Trinajstić information content (AvgIpc) is 2.95. The van der Waals surface area contributed by atoms with Crippen molar-refractivity contribution in [2.75, 3.05) is 12.4 Å². The van der Waals surface area contributed by atoms with Crippen molar-refractivity contribution in [2.45, 2.75) is 12.0 Å². The van der Waals surface area contributed by atoms with Gasteiger partial charge < -0.3 is 20.3 Å². The molecule has 0 spiro atoms. The molecule has 0 unspecified atom stereocenters. The van der Waals surface area contributed by atoms with Crippen molar-refractivity contribution in [3.63, 3.8) is 0 Å². The summed E-state index contributed by atoms with van der Waals surface area (Å²) in [6, 6.07) is 10.3. The number of hydrazone groups is 1. The molecular weight excluding hydrogens is 366 g/mol. The van der Waals surface area contributed by atoms with E-state index in [2.05, 4.69) is 15.8 Å². The minimum absolute atomic E-state index is 0.135. The van der Waals surface area contributed by atoms with Crippen molar-refractivity contribution in [3.05, 3.63) is 53.6 Å². The number of carbonyl (C=O) groups excluding carboxylic acids is 2. The molecule has 1 aliphatic rings. The number of nitrogens with two attached hydrogens (primary N) is 1. The summed E-state index contributed by atoms with van der Waals surface area (Å²) in [6.45, 7) is 0. The number of ether oxygens (including phenoxy) is 1. The smallest absolute Gasteiger partial charge is 0.349 e. The molecule has 1 heterocycles. The molecule has 0 fully saturated rings. The topological polar surface area (TPSA) is 158 Å². The van der Waals surface area contributed by atoms with Gasteiger partial charge in [-0.2, -0.15) is 5.10 Å². The first kappa shape index (κ1) is 19.1. The predicted molar refractivity (Wildman–Crippen MR) is 101 cm³/mol. The van der Waals surface area contributed by atoms with Gasteiger partial charge in [-0.1, -0.05) is 18.2 Å². The number of aromatic hydroxyl groups is 1. The molecule has 0 saturated carbocycles. The van der Waals surface area contributed by atoms with Crippen LogP contribution in [0.1, 0.15) is 17.5 Å². The molecule has 3 rings (SSSR count). The van der Waals surface area contributed by atoms with E-state index in [1.807, 2.05) is 5.43 Å². The molecule has 3 amide bonds. The maximum Gasteiger partial charge on any atom is 0.349 e. The fraction of sp³-hybridized carbons (Fsp3) is 0.167. The van der Waals surface area contributed by atoms with Gasteiger partial charge in [-0.3, -0.25) is 10.2 Å². The Morgan fingerprint density at radius 3 is 2.75 bits per heavy atom. The highest BCUT2D eigenvalue weighted by atomic mass is 16.5. The van der Waals surface area contributed by atoms with E-state index in [0.717, 1.165) is 0 Å². The largest absolute Gasteiger partial charge is 0.504 e. The number of nitrogens with one attached hydrogen (secondary N) is 3. The molecule has 0 aliphatic carbocycles. The number of hydrogen-bond acceptors (Lipinski definition) is 7. The number of para-hydroxylation sites is 1. The van der Waals surface area contributed by atoms with Crippen molar-refractivity contribution in [2.24, 2.45) is 10.9 Å². The predicted octanol–water partition coefficient (Wildman–Crippen LogP) is 0.508. The quantitative estimate of drug-likeness (QED) is 0.190. The number of aliphatic hydroxyl groups is 1. The number of amides is 3. The lowest BCUT2D eigenvalue weighted by molar-refractivity contribution is -0.132. The number of rotatable bonds is 5. The van der Waals surface area contributed by atoms with Gasteiger partial charge in [0.2, 0.25) is 0 Å². The van der Waals surface area contributed by atoms with E-state index in [1.165, 1.54) is 19.2 Å². The molecule has 10 heteroatoms. The Kier molecular flexibility index (Phi) is 5.16. The van der Waals surface area contributed by atoms with Crippen LogP contribution in [0.3, 0.4) is 0 Å². The van der Waals surface area contributed by atoms with E-state index in [9.17, 15) is 19.8 Å². The molecule has 1 atom stereocenters. The first-order valence-electron chi connectivity index (χ1n) is 8.23. The molecule has 1 aliphatic heterocycles. The number of nitrogens with zero attached hydrogens (tertiary/aromatic N) is 1. The average molecular weight is 385 g/mol. The van der Waals surface area contributed by atoms with Gasteiger partial charge in [0.25, 0.3) is 5.91 Å². The summed E-state index contributed by atoms with van der Waals surface area (Å²) in [7, 11) is 1.40. The Morgan fingerprint density at radius 1 is 1.32 bits per heavy atom. The Morgan fingerprint density at radius 2 is 2.07 bits per heavy atom. The van der Waals surface area contributed by atoms with E-state index in [4.69, 9.17) is 10.6 Å². The van der Waals surface area contributed by atoms with Gasteiger partial charge in [0.1, 0.15) is 0 Å². The van der Waals surface area contributed by atoms with Crippen molar-refractivity contribution >= 4 is 23.3 Å². The molecule has 28 heavy (non-hydrogen) atoms. The Labute approximate surface area is 160 Å². The highest BCUT2D eigenvalue weighted by Gasteiger charge is 2.46. The third kappa shape index (κ3) is 3.46. The number of carbonyl (C=O) groups is 2. The van der Waals surface area contributed by atoms with Gasteiger partial charge in [-0.15, -0.1) is 0 Å². The minimum Gasteiger partial charge on any atom is -0.504 e. The summed E-state index contributed by atoms with van der Waals surface area (Å²) in [5.41, 5.74) is 3.48. The van der Waals surface area contributed by atoms with Crippen LogP contribution in [-0.2, 0) is 10.4 Å². The van der Waals surface area contributed by atoms with E-state index in [-0.39, 0.29) is 23.6 Å². The van der Waals surface area contributed by atoms with E-state index in [1.54, 1.807) is 30.3 Å². The van der Waals surface area contributed by atoms with Crippen LogP contribution in [0.25, 0.3) is 0 Å². The van der Waals surface area contributed by atoms with Crippen LogP contribution < -0.4 is 26.7 Å². The first-order valence-corrected chi connectivity index (χ1v) is 8.23. The zero-order valence-electron chi connectivity index (χ0n) is 14.9. The third-order valence-electron chi connectivity index (χ3n) is 4.36. The van der Waals surface area contributed by atoms with Crippen molar-refractivity contribution in [3.8, 4) is 11.5 Å². The van der Waals surface area contributed by atoms with E-state index in [0.29, 0.717) is 16.8 Å². The van der Waals surface area contributed by atoms with Crippen LogP contribution in [0, 0.1) is 0 Å². The van der Waals surface area contributed by atoms with Gasteiger partial charge >= 0.3 is 6.03 Å². The van der Waals surface area contributed by atoms with Crippen LogP contribution in [0.4, 0.5) is 10.5 Å². The van der Waals surface area contributed by atoms with Crippen LogP contribution in [0.15, 0.2) is 47.6 Å². The van der Waals surface area contributed by atoms with Gasteiger partial charge in [0, 0.05) is 23.2 Å². The van der Waals surface area contributed by atoms with Crippen LogP contribution >= 0.6 is 0 Å². The van der Waals surface area contributed by atoms with Crippen molar-refractivity contribution in [1.29, 1.82) is 0 Å². The van der Waals surface area contributed by atoms with Gasteiger partial charge in [-0.25, -0.2) is 16.1 Å². The Hall–Kier alpha value is -3.63. The van der Waals surface area contributed by atoms with Crippen molar-refractivity contribution < 1.29 is 24.5 Å². The van der Waals surface area contributed by atoms with E-state index < -0.39 is 17.5 Å². The number of hydrogen-bond donors (Lipinski definition) is 6. The Balaban J connectivity index is 2.02. The molecule has 2 aromatic rings. The number of methoxy groups -OCH3 is 1. The summed E-state index contributed by atoms with van der Waals surface area (Å²) in [6.07, 6.45) is -0.271. The standard InChI is InChI=1S/C18H19N5O5/c1-28-15-7-6-10(8-14(15)24)13(22-23-17(26)21-19)9-18(27)11-4-2-3-5-12(11)20-16(18)25/h2-8,24,27H,9,19H2,1H3,(H,20,25)(H2,21,23,26)/b22-13-/t18-/m1/s1. The molecule has 0 aromatic heterocycles. The van der Waals surface area contributed by atoms with Crippen molar-refractivity contribution in [1.82, 2.24) is 10.9 Å². The normalized spacial score (nSPS) is 18.2. The molecule has 0 radical (unpaired) electrons. The summed E-state index contributed by atoms with van der Waals surface area (Å²) >= 11 is 0. The summed E-state index contributed by atoms with van der Waals surface area (Å²) < 4.78 is 5.01. The molecular formula is C18H19N5O5. The third-order valence-corrected chi connectivity index (χ3v) is 4.36. The number of benzene rings is 2. The molecule has 146 valence electrons.